The van der Waals surface area contributed by atoms with Crippen molar-refractivity contribution >= 4 is 5.91 Å². The van der Waals surface area contributed by atoms with Gasteiger partial charge in [0.25, 0.3) is 5.91 Å². The summed E-state index contributed by atoms with van der Waals surface area (Å²) in [6, 6.07) is 16.2. The Labute approximate surface area is 140 Å². The predicted octanol–water partition coefficient (Wildman–Crippen LogP) is 3.11. The molecule has 2 aromatic heterocycles. The van der Waals surface area contributed by atoms with Crippen LogP contribution in [-0.2, 0) is 0 Å². The summed E-state index contributed by atoms with van der Waals surface area (Å²) in [4.78, 5) is 17.0. The minimum atomic E-state index is -0.583. The van der Waals surface area contributed by atoms with E-state index < -0.39 is 6.04 Å². The molecule has 0 saturated carbocycles. The van der Waals surface area contributed by atoms with Crippen LogP contribution in [0.1, 0.15) is 27.9 Å². The van der Waals surface area contributed by atoms with E-state index in [0.29, 0.717) is 17.0 Å². The summed E-state index contributed by atoms with van der Waals surface area (Å²) in [5.41, 5.74) is 2.91. The molecule has 2 N–H and O–H groups in total. The van der Waals surface area contributed by atoms with Crippen molar-refractivity contribution in [3.05, 3.63) is 77.9 Å². The molecule has 0 saturated heterocycles. The van der Waals surface area contributed by atoms with E-state index in [1.165, 1.54) is 6.26 Å². The van der Waals surface area contributed by atoms with Gasteiger partial charge in [-0.2, -0.15) is 0 Å². The molecule has 0 aliphatic carbocycles. The summed E-state index contributed by atoms with van der Waals surface area (Å²) in [5.74, 6) is 0.215. The van der Waals surface area contributed by atoms with Crippen LogP contribution in [0.25, 0.3) is 11.3 Å². The van der Waals surface area contributed by atoms with Crippen molar-refractivity contribution in [1.82, 2.24) is 10.3 Å². The van der Waals surface area contributed by atoms with Crippen LogP contribution in [0.4, 0.5) is 0 Å². The second-order valence-electron chi connectivity index (χ2n) is 5.42. The number of carbonyl (C=O) groups is 1. The van der Waals surface area contributed by atoms with Gasteiger partial charge < -0.3 is 14.8 Å². The minimum Gasteiger partial charge on any atom is -0.467 e. The van der Waals surface area contributed by atoms with E-state index in [2.05, 4.69) is 10.3 Å². The number of hydrogen-bond acceptors (Lipinski definition) is 4. The lowest BCUT2D eigenvalue weighted by Crippen LogP contribution is -2.31. The van der Waals surface area contributed by atoms with Gasteiger partial charge in [0.1, 0.15) is 11.8 Å². The highest BCUT2D eigenvalue weighted by Gasteiger charge is 2.19. The Hall–Kier alpha value is -2.92. The maximum absolute atomic E-state index is 12.5. The number of rotatable bonds is 5. The largest absolute Gasteiger partial charge is 0.467 e. The fourth-order valence-corrected chi connectivity index (χ4v) is 2.50. The first-order valence-corrected chi connectivity index (χ1v) is 7.67. The number of furan rings is 1. The first kappa shape index (κ1) is 16.0. The molecule has 0 radical (unpaired) electrons. The average Bonchev–Trinajstić information content (AvgIpc) is 3.14. The molecule has 5 nitrogen and oxygen atoms in total. The van der Waals surface area contributed by atoms with Crippen molar-refractivity contribution < 1.29 is 14.3 Å². The van der Waals surface area contributed by atoms with Crippen molar-refractivity contribution in [3.63, 3.8) is 0 Å². The van der Waals surface area contributed by atoms with Crippen LogP contribution >= 0.6 is 0 Å². The average molecular weight is 322 g/mol. The number of benzene rings is 1. The standard InChI is InChI=1S/C19H18N2O3/c1-13-15(9-10-16(20-13)14-6-3-2-4-7-14)19(23)21-17(12-22)18-8-5-11-24-18/h2-11,17,22H,12H2,1H3,(H,21,23). The number of hydrogen-bond donors (Lipinski definition) is 2. The van der Waals surface area contributed by atoms with E-state index in [1.54, 1.807) is 25.1 Å². The van der Waals surface area contributed by atoms with Crippen molar-refractivity contribution in [2.75, 3.05) is 6.61 Å². The zero-order chi connectivity index (χ0) is 16.9. The van der Waals surface area contributed by atoms with Crippen LogP contribution in [0.15, 0.2) is 65.3 Å². The van der Waals surface area contributed by atoms with Gasteiger partial charge in [-0.25, -0.2) is 0 Å². The topological polar surface area (TPSA) is 75.4 Å². The van der Waals surface area contributed by atoms with Crippen molar-refractivity contribution in [2.45, 2.75) is 13.0 Å². The highest BCUT2D eigenvalue weighted by atomic mass is 16.3. The van der Waals surface area contributed by atoms with E-state index in [-0.39, 0.29) is 12.5 Å². The molecule has 3 aromatic rings. The molecule has 0 aliphatic rings. The molecule has 5 heteroatoms. The third-order valence-electron chi connectivity index (χ3n) is 3.77. The van der Waals surface area contributed by atoms with Gasteiger partial charge in [-0.3, -0.25) is 9.78 Å². The van der Waals surface area contributed by atoms with E-state index >= 15 is 0 Å². The lowest BCUT2D eigenvalue weighted by molar-refractivity contribution is 0.0906. The number of aliphatic hydroxyl groups is 1. The Balaban J connectivity index is 1.80. The van der Waals surface area contributed by atoms with Gasteiger partial charge in [0, 0.05) is 5.56 Å². The molecule has 1 aromatic carbocycles. The molecule has 0 aliphatic heterocycles. The Morgan fingerprint density at radius 1 is 1.17 bits per heavy atom. The third-order valence-corrected chi connectivity index (χ3v) is 3.77. The van der Waals surface area contributed by atoms with E-state index in [1.807, 2.05) is 36.4 Å². The van der Waals surface area contributed by atoms with Crippen LogP contribution < -0.4 is 5.32 Å². The number of nitrogens with one attached hydrogen (secondary N) is 1. The van der Waals surface area contributed by atoms with Crippen LogP contribution in [0.3, 0.4) is 0 Å². The quantitative estimate of drug-likeness (QED) is 0.757. The van der Waals surface area contributed by atoms with Crippen molar-refractivity contribution in [3.8, 4) is 11.3 Å². The molecule has 1 atom stereocenters. The second kappa shape index (κ2) is 7.10. The third kappa shape index (κ3) is 3.36. The van der Waals surface area contributed by atoms with Crippen LogP contribution in [-0.4, -0.2) is 22.6 Å². The van der Waals surface area contributed by atoms with Gasteiger partial charge in [0.15, 0.2) is 0 Å². The van der Waals surface area contributed by atoms with Crippen LogP contribution in [0.2, 0.25) is 0 Å². The van der Waals surface area contributed by atoms with Crippen molar-refractivity contribution in [2.24, 2.45) is 0 Å². The number of carbonyl (C=O) groups excluding carboxylic acids is 1. The molecule has 3 rings (SSSR count). The molecule has 0 spiro atoms. The summed E-state index contributed by atoms with van der Waals surface area (Å²) in [6.45, 7) is 1.55. The first-order chi connectivity index (χ1) is 11.7. The van der Waals surface area contributed by atoms with Crippen LogP contribution in [0.5, 0.6) is 0 Å². The summed E-state index contributed by atoms with van der Waals surface area (Å²) >= 11 is 0. The van der Waals surface area contributed by atoms with Gasteiger partial charge in [-0.1, -0.05) is 30.3 Å². The highest BCUT2D eigenvalue weighted by molar-refractivity contribution is 5.95. The molecular weight excluding hydrogens is 304 g/mol. The van der Waals surface area contributed by atoms with Gasteiger partial charge in [0.05, 0.1) is 29.8 Å². The van der Waals surface area contributed by atoms with Crippen LogP contribution in [0, 0.1) is 6.92 Å². The summed E-state index contributed by atoms with van der Waals surface area (Å²) < 4.78 is 5.24. The number of pyridine rings is 1. The molecule has 24 heavy (non-hydrogen) atoms. The monoisotopic (exact) mass is 322 g/mol. The second-order valence-corrected chi connectivity index (χ2v) is 5.42. The Morgan fingerprint density at radius 3 is 2.58 bits per heavy atom. The molecule has 122 valence electrons. The summed E-state index contributed by atoms with van der Waals surface area (Å²) in [5, 5.41) is 12.2. The number of nitrogens with zero attached hydrogens (tertiary/aromatic N) is 1. The van der Waals surface area contributed by atoms with E-state index in [0.717, 1.165) is 11.3 Å². The smallest absolute Gasteiger partial charge is 0.253 e. The summed E-state index contributed by atoms with van der Waals surface area (Å²) in [7, 11) is 0. The fraction of sp³-hybridized carbons (Fsp3) is 0.158. The maximum Gasteiger partial charge on any atom is 0.253 e. The molecular formula is C19H18N2O3. The predicted molar refractivity (Wildman–Crippen MR) is 90.4 cm³/mol. The Morgan fingerprint density at radius 2 is 1.96 bits per heavy atom. The molecule has 1 amide bonds. The van der Waals surface area contributed by atoms with Gasteiger partial charge in [-0.05, 0) is 31.2 Å². The SMILES string of the molecule is Cc1nc(-c2ccccc2)ccc1C(=O)NC(CO)c1ccco1. The van der Waals surface area contributed by atoms with Gasteiger partial charge >= 0.3 is 0 Å². The molecule has 0 fully saturated rings. The number of aromatic nitrogens is 1. The fourth-order valence-electron chi connectivity index (χ4n) is 2.50. The maximum atomic E-state index is 12.5. The normalized spacial score (nSPS) is 11.9. The molecule has 0 bridgehead atoms. The lowest BCUT2D eigenvalue weighted by Gasteiger charge is -2.15. The zero-order valence-corrected chi connectivity index (χ0v) is 13.3. The molecule has 1 unspecified atom stereocenters. The zero-order valence-electron chi connectivity index (χ0n) is 13.3. The first-order valence-electron chi connectivity index (χ1n) is 7.67. The molecule has 2 heterocycles. The lowest BCUT2D eigenvalue weighted by atomic mass is 10.1. The minimum absolute atomic E-state index is 0.242. The van der Waals surface area contributed by atoms with E-state index in [4.69, 9.17) is 4.42 Å². The number of amides is 1. The van der Waals surface area contributed by atoms with Gasteiger partial charge in [0.2, 0.25) is 0 Å². The Bertz CT molecular complexity index is 814. The van der Waals surface area contributed by atoms with Gasteiger partial charge in [-0.15, -0.1) is 0 Å². The number of aliphatic hydroxyl groups excluding tert-OH is 1. The number of aryl methyl sites for hydroxylation is 1. The summed E-state index contributed by atoms with van der Waals surface area (Å²) in [6.07, 6.45) is 1.51. The van der Waals surface area contributed by atoms with Crippen molar-refractivity contribution in [1.29, 1.82) is 0 Å². The highest BCUT2D eigenvalue weighted by Crippen LogP contribution is 2.19. The Kier molecular flexibility index (Phi) is 4.72. The van der Waals surface area contributed by atoms with E-state index in [9.17, 15) is 9.90 Å².